The van der Waals surface area contributed by atoms with Crippen LogP contribution in [0.1, 0.15) is 5.56 Å². The van der Waals surface area contributed by atoms with Crippen molar-refractivity contribution in [1.29, 1.82) is 5.26 Å². The molecule has 2 aromatic heterocycles. The maximum Gasteiger partial charge on any atom is 0.383 e. The van der Waals surface area contributed by atoms with E-state index in [0.717, 1.165) is 0 Å². The molecule has 3 aromatic carbocycles. The molecule has 0 unspecified atom stereocenters. The lowest BCUT2D eigenvalue weighted by Gasteiger charge is -2.15. The summed E-state index contributed by atoms with van der Waals surface area (Å²) in [7, 11) is 1.51. The molecule has 0 amide bonds. The number of hydrogen-bond acceptors (Lipinski definition) is 7. The van der Waals surface area contributed by atoms with Gasteiger partial charge in [-0.25, -0.2) is 4.79 Å². The number of aromatic nitrogens is 1. The molecule has 0 aliphatic heterocycles. The number of aromatic hydroxyl groups is 1. The summed E-state index contributed by atoms with van der Waals surface area (Å²) in [4.78, 5) is 26.4. The molecular weight excluding hydrogens is 436 g/mol. The van der Waals surface area contributed by atoms with Crippen LogP contribution in [0.2, 0.25) is 0 Å². The van der Waals surface area contributed by atoms with Crippen LogP contribution in [-0.2, 0) is 0 Å². The third-order valence-corrected chi connectivity index (χ3v) is 5.38. The Morgan fingerprint density at radius 3 is 2.35 bits per heavy atom. The summed E-state index contributed by atoms with van der Waals surface area (Å²) in [5.41, 5.74) is -0.241. The highest BCUT2D eigenvalue weighted by Crippen LogP contribution is 2.36. The fourth-order valence-electron chi connectivity index (χ4n) is 3.77. The SMILES string of the molecule is COc1ccc2c3oc(=O)c(Oc4ccc(C#N)cc4)c(O)c3c(=O)n(-c3ccccc3)c2c1. The lowest BCUT2D eigenvalue weighted by Crippen LogP contribution is -2.20. The highest BCUT2D eigenvalue weighted by atomic mass is 16.5. The van der Waals surface area contributed by atoms with Crippen molar-refractivity contribution >= 4 is 21.9 Å². The van der Waals surface area contributed by atoms with Crippen LogP contribution in [0, 0.1) is 11.3 Å². The first-order valence-corrected chi connectivity index (χ1v) is 10.2. The Labute approximate surface area is 192 Å². The fourth-order valence-corrected chi connectivity index (χ4v) is 3.77. The van der Waals surface area contributed by atoms with E-state index in [0.29, 0.717) is 27.9 Å². The molecule has 0 spiro atoms. The molecular formula is C26H16N2O6. The quantitative estimate of drug-likeness (QED) is 0.400. The van der Waals surface area contributed by atoms with Crippen molar-refractivity contribution in [3.63, 3.8) is 0 Å². The van der Waals surface area contributed by atoms with Crippen molar-refractivity contribution in [2.75, 3.05) is 7.11 Å². The molecule has 0 radical (unpaired) electrons. The zero-order valence-electron chi connectivity index (χ0n) is 17.8. The van der Waals surface area contributed by atoms with Gasteiger partial charge in [-0.2, -0.15) is 5.26 Å². The van der Waals surface area contributed by atoms with Gasteiger partial charge in [0, 0.05) is 17.1 Å². The van der Waals surface area contributed by atoms with Gasteiger partial charge in [-0.3, -0.25) is 9.36 Å². The van der Waals surface area contributed by atoms with Gasteiger partial charge in [-0.15, -0.1) is 0 Å². The molecule has 0 saturated carbocycles. The summed E-state index contributed by atoms with van der Waals surface area (Å²) >= 11 is 0. The minimum absolute atomic E-state index is 0.0653. The highest BCUT2D eigenvalue weighted by molar-refractivity contribution is 6.05. The van der Waals surface area contributed by atoms with Gasteiger partial charge in [-0.1, -0.05) is 18.2 Å². The lowest BCUT2D eigenvalue weighted by atomic mass is 10.1. The van der Waals surface area contributed by atoms with Gasteiger partial charge in [0.15, 0.2) is 11.3 Å². The van der Waals surface area contributed by atoms with E-state index in [4.69, 9.17) is 19.2 Å². The predicted octanol–water partition coefficient (Wildman–Crippen LogP) is 4.48. The first-order valence-electron chi connectivity index (χ1n) is 10.2. The summed E-state index contributed by atoms with van der Waals surface area (Å²) in [6, 6.07) is 21.8. The van der Waals surface area contributed by atoms with Crippen molar-refractivity contribution in [2.45, 2.75) is 0 Å². The average Bonchev–Trinajstić information content (AvgIpc) is 2.87. The number of fused-ring (bicyclic) bond motifs is 3. The first kappa shape index (κ1) is 20.8. The molecule has 0 atom stereocenters. The van der Waals surface area contributed by atoms with Crippen molar-refractivity contribution in [3.05, 3.63) is 99.1 Å². The molecule has 0 aliphatic carbocycles. The number of hydrogen-bond donors (Lipinski definition) is 1. The average molecular weight is 452 g/mol. The van der Waals surface area contributed by atoms with Crippen molar-refractivity contribution in [2.24, 2.45) is 0 Å². The van der Waals surface area contributed by atoms with E-state index in [2.05, 4.69) is 0 Å². The number of rotatable bonds is 4. The molecule has 8 nitrogen and oxygen atoms in total. The van der Waals surface area contributed by atoms with Crippen LogP contribution in [-0.4, -0.2) is 16.8 Å². The van der Waals surface area contributed by atoms with E-state index in [-0.39, 0.29) is 16.7 Å². The Bertz CT molecular complexity index is 1710. The van der Waals surface area contributed by atoms with E-state index in [1.807, 2.05) is 12.1 Å². The predicted molar refractivity (Wildman–Crippen MR) is 125 cm³/mol. The molecule has 0 bridgehead atoms. The van der Waals surface area contributed by atoms with E-state index < -0.39 is 22.7 Å². The zero-order chi connectivity index (χ0) is 23.8. The van der Waals surface area contributed by atoms with Crippen molar-refractivity contribution < 1.29 is 19.0 Å². The van der Waals surface area contributed by atoms with Gasteiger partial charge in [-0.05, 0) is 48.5 Å². The number of benzene rings is 3. The van der Waals surface area contributed by atoms with Gasteiger partial charge in [0.1, 0.15) is 16.9 Å². The number of nitrogens with zero attached hydrogens (tertiary/aromatic N) is 2. The lowest BCUT2D eigenvalue weighted by molar-refractivity contribution is 0.387. The zero-order valence-corrected chi connectivity index (χ0v) is 17.8. The molecule has 2 heterocycles. The van der Waals surface area contributed by atoms with Gasteiger partial charge in [0.05, 0.1) is 24.3 Å². The van der Waals surface area contributed by atoms with Crippen LogP contribution in [0.3, 0.4) is 0 Å². The molecule has 0 saturated heterocycles. The van der Waals surface area contributed by atoms with E-state index in [9.17, 15) is 14.7 Å². The molecule has 0 aliphatic rings. The minimum Gasteiger partial charge on any atom is -0.503 e. The maximum absolute atomic E-state index is 13.7. The van der Waals surface area contributed by atoms with E-state index in [1.54, 1.807) is 42.5 Å². The summed E-state index contributed by atoms with van der Waals surface area (Å²) in [5, 5.41) is 20.2. The Hall–Kier alpha value is -5.03. The molecule has 1 N–H and O–H groups in total. The normalized spacial score (nSPS) is 10.8. The maximum atomic E-state index is 13.7. The van der Waals surface area contributed by atoms with Gasteiger partial charge >= 0.3 is 5.63 Å². The third kappa shape index (κ3) is 3.32. The van der Waals surface area contributed by atoms with Crippen LogP contribution >= 0.6 is 0 Å². The van der Waals surface area contributed by atoms with Crippen LogP contribution in [0.5, 0.6) is 23.0 Å². The minimum atomic E-state index is -0.955. The second-order valence-corrected chi connectivity index (χ2v) is 7.37. The Balaban J connectivity index is 1.84. The molecule has 5 aromatic rings. The standard InChI is InChI=1S/C26H16N2O6/c1-32-18-11-12-19-20(13-18)28(16-5-3-2-4-6-16)25(30)21-22(29)24(26(31)34-23(19)21)33-17-9-7-15(14-27)8-10-17/h2-13,29H,1H3. The summed E-state index contributed by atoms with van der Waals surface area (Å²) in [6.45, 7) is 0. The number of nitriles is 1. The Kier molecular flexibility index (Phi) is 5.00. The number of pyridine rings is 1. The third-order valence-electron chi connectivity index (χ3n) is 5.38. The van der Waals surface area contributed by atoms with Crippen molar-refractivity contribution in [1.82, 2.24) is 4.57 Å². The Morgan fingerprint density at radius 2 is 1.68 bits per heavy atom. The topological polar surface area (TPSA) is 115 Å². The monoisotopic (exact) mass is 452 g/mol. The summed E-state index contributed by atoms with van der Waals surface area (Å²) in [6.07, 6.45) is 0. The van der Waals surface area contributed by atoms with Gasteiger partial charge in [0.25, 0.3) is 11.3 Å². The van der Waals surface area contributed by atoms with Crippen LogP contribution in [0.4, 0.5) is 0 Å². The molecule has 5 rings (SSSR count). The van der Waals surface area contributed by atoms with Crippen LogP contribution in [0.15, 0.2) is 86.8 Å². The van der Waals surface area contributed by atoms with E-state index >= 15 is 0 Å². The number of ether oxygens (including phenoxy) is 2. The van der Waals surface area contributed by atoms with Gasteiger partial charge < -0.3 is 19.0 Å². The first-order chi connectivity index (χ1) is 16.5. The second-order valence-electron chi connectivity index (χ2n) is 7.37. The Morgan fingerprint density at radius 1 is 0.971 bits per heavy atom. The second kappa shape index (κ2) is 8.15. The fraction of sp³-hybridized carbons (Fsp3) is 0.0385. The summed E-state index contributed by atoms with van der Waals surface area (Å²) < 4.78 is 17.8. The largest absolute Gasteiger partial charge is 0.503 e. The van der Waals surface area contributed by atoms with Crippen LogP contribution < -0.4 is 20.7 Å². The summed E-state index contributed by atoms with van der Waals surface area (Å²) in [5.74, 6) is -0.470. The molecule has 34 heavy (non-hydrogen) atoms. The number of para-hydroxylation sites is 1. The van der Waals surface area contributed by atoms with Crippen molar-refractivity contribution in [3.8, 4) is 34.8 Å². The molecule has 8 heteroatoms. The molecule has 166 valence electrons. The molecule has 0 fully saturated rings. The number of methoxy groups -OCH3 is 1. The highest BCUT2D eigenvalue weighted by Gasteiger charge is 2.24. The smallest absolute Gasteiger partial charge is 0.383 e. The van der Waals surface area contributed by atoms with E-state index in [1.165, 1.54) is 35.9 Å². The van der Waals surface area contributed by atoms with Crippen LogP contribution in [0.25, 0.3) is 27.6 Å². The van der Waals surface area contributed by atoms with Gasteiger partial charge in [0.2, 0.25) is 0 Å².